The molecule has 78 valence electrons. The molecule has 0 atom stereocenters. The Morgan fingerprint density at radius 2 is 2.00 bits per heavy atom. The van der Waals surface area contributed by atoms with E-state index < -0.39 is 5.97 Å². The third kappa shape index (κ3) is 1.73. The van der Waals surface area contributed by atoms with Crippen LogP contribution in [0, 0.1) is 13.8 Å². The average molecular weight is 203 g/mol. The molecule has 3 nitrogen and oxygen atoms in total. The van der Waals surface area contributed by atoms with Gasteiger partial charge in [-0.05, 0) is 48.6 Å². The predicted octanol–water partition coefficient (Wildman–Crippen LogP) is 2.34. The van der Waals surface area contributed by atoms with Gasteiger partial charge in [0.25, 0.3) is 0 Å². The summed E-state index contributed by atoms with van der Waals surface area (Å²) in [6.45, 7) is 4.11. The number of hydrogen-bond donors (Lipinski definition) is 1. The van der Waals surface area contributed by atoms with E-state index in [1.54, 1.807) is 4.57 Å². The highest BCUT2D eigenvalue weighted by Gasteiger charge is 2.05. The van der Waals surface area contributed by atoms with Crippen molar-refractivity contribution in [1.29, 1.82) is 0 Å². The van der Waals surface area contributed by atoms with Crippen molar-refractivity contribution in [3.63, 3.8) is 0 Å². The molecule has 0 saturated heterocycles. The summed E-state index contributed by atoms with van der Waals surface area (Å²) in [6.07, 6.45) is 1.82. The molecule has 0 aliphatic rings. The largest absolute Gasteiger partial charge is 0.480 e. The second kappa shape index (κ2) is 3.42. The highest BCUT2D eigenvalue weighted by molar-refractivity contribution is 5.83. The van der Waals surface area contributed by atoms with Crippen LogP contribution in [0.4, 0.5) is 0 Å². The van der Waals surface area contributed by atoms with Crippen molar-refractivity contribution < 1.29 is 9.90 Å². The fourth-order valence-corrected chi connectivity index (χ4v) is 1.74. The summed E-state index contributed by atoms with van der Waals surface area (Å²) in [4.78, 5) is 10.6. The fraction of sp³-hybridized carbons (Fsp3) is 0.250. The summed E-state index contributed by atoms with van der Waals surface area (Å²) in [5, 5.41) is 9.84. The van der Waals surface area contributed by atoms with Gasteiger partial charge in [0.15, 0.2) is 0 Å². The Morgan fingerprint density at radius 1 is 1.33 bits per heavy atom. The van der Waals surface area contributed by atoms with Gasteiger partial charge in [-0.1, -0.05) is 0 Å². The van der Waals surface area contributed by atoms with Crippen LogP contribution >= 0.6 is 0 Å². The van der Waals surface area contributed by atoms with E-state index in [9.17, 15) is 4.79 Å². The first-order valence-electron chi connectivity index (χ1n) is 4.86. The van der Waals surface area contributed by atoms with Crippen LogP contribution in [-0.2, 0) is 11.3 Å². The number of fused-ring (bicyclic) bond motifs is 1. The van der Waals surface area contributed by atoms with Crippen molar-refractivity contribution in [3.05, 3.63) is 35.5 Å². The maximum absolute atomic E-state index is 10.6. The molecule has 3 heteroatoms. The zero-order valence-electron chi connectivity index (χ0n) is 8.82. The molecule has 15 heavy (non-hydrogen) atoms. The van der Waals surface area contributed by atoms with E-state index >= 15 is 0 Å². The molecule has 1 heterocycles. The van der Waals surface area contributed by atoms with Gasteiger partial charge in [-0.3, -0.25) is 4.79 Å². The van der Waals surface area contributed by atoms with Crippen molar-refractivity contribution in [2.24, 2.45) is 0 Å². The molecule has 0 spiro atoms. The lowest BCUT2D eigenvalue weighted by Crippen LogP contribution is -2.07. The minimum atomic E-state index is -0.814. The third-order valence-electron chi connectivity index (χ3n) is 2.69. The van der Waals surface area contributed by atoms with Crippen LogP contribution in [0.25, 0.3) is 10.9 Å². The topological polar surface area (TPSA) is 42.2 Å². The Labute approximate surface area is 87.9 Å². The Morgan fingerprint density at radius 3 is 2.67 bits per heavy atom. The molecule has 0 aliphatic heterocycles. The van der Waals surface area contributed by atoms with E-state index in [1.165, 1.54) is 11.1 Å². The minimum Gasteiger partial charge on any atom is -0.480 e. The summed E-state index contributed by atoms with van der Waals surface area (Å²) in [7, 11) is 0. The van der Waals surface area contributed by atoms with Crippen molar-refractivity contribution in [2.45, 2.75) is 20.4 Å². The number of nitrogens with zero attached hydrogens (tertiary/aromatic N) is 1. The molecule has 1 aromatic heterocycles. The number of carboxylic acids is 1. The zero-order chi connectivity index (χ0) is 11.0. The number of aliphatic carboxylic acids is 1. The summed E-state index contributed by atoms with van der Waals surface area (Å²) in [6, 6.07) is 6.07. The van der Waals surface area contributed by atoms with Crippen molar-refractivity contribution in [1.82, 2.24) is 4.57 Å². The standard InChI is InChI=1S/C12H13NO2/c1-8-5-10-3-4-13(7-12(14)15)11(10)6-9(8)2/h3-6H,7H2,1-2H3,(H,14,15). The number of rotatable bonds is 2. The van der Waals surface area contributed by atoms with Gasteiger partial charge in [0.1, 0.15) is 6.54 Å². The highest BCUT2D eigenvalue weighted by Crippen LogP contribution is 2.20. The second-order valence-corrected chi connectivity index (χ2v) is 3.83. The molecule has 0 amide bonds. The molecule has 0 fully saturated rings. The van der Waals surface area contributed by atoms with Crippen LogP contribution in [0.2, 0.25) is 0 Å². The Bertz CT molecular complexity index is 526. The van der Waals surface area contributed by atoms with Crippen LogP contribution < -0.4 is 0 Å². The van der Waals surface area contributed by atoms with Crippen molar-refractivity contribution in [3.8, 4) is 0 Å². The number of benzene rings is 1. The molecule has 1 aromatic carbocycles. The molecule has 1 N–H and O–H groups in total. The van der Waals surface area contributed by atoms with Gasteiger partial charge < -0.3 is 9.67 Å². The lowest BCUT2D eigenvalue weighted by atomic mass is 10.1. The predicted molar refractivity (Wildman–Crippen MR) is 59.0 cm³/mol. The van der Waals surface area contributed by atoms with E-state index in [0.717, 1.165) is 10.9 Å². The molecule has 0 aliphatic carbocycles. The van der Waals surface area contributed by atoms with Gasteiger partial charge in [0.2, 0.25) is 0 Å². The molecule has 2 rings (SSSR count). The van der Waals surface area contributed by atoms with E-state index in [4.69, 9.17) is 5.11 Å². The van der Waals surface area contributed by atoms with Gasteiger partial charge in [0.05, 0.1) is 0 Å². The highest BCUT2D eigenvalue weighted by atomic mass is 16.4. The monoisotopic (exact) mass is 203 g/mol. The second-order valence-electron chi connectivity index (χ2n) is 3.83. The van der Waals surface area contributed by atoms with E-state index in [2.05, 4.69) is 13.0 Å². The average Bonchev–Trinajstić information content (AvgIpc) is 2.49. The van der Waals surface area contributed by atoms with Crippen LogP contribution in [0.1, 0.15) is 11.1 Å². The smallest absolute Gasteiger partial charge is 0.323 e. The van der Waals surface area contributed by atoms with Crippen LogP contribution in [0.3, 0.4) is 0 Å². The number of carbonyl (C=O) groups is 1. The summed E-state index contributed by atoms with van der Waals surface area (Å²) in [5.74, 6) is -0.814. The summed E-state index contributed by atoms with van der Waals surface area (Å²) >= 11 is 0. The maximum Gasteiger partial charge on any atom is 0.323 e. The Kier molecular flexibility index (Phi) is 2.23. The van der Waals surface area contributed by atoms with Gasteiger partial charge in [0, 0.05) is 11.7 Å². The molecular formula is C12H13NO2. The van der Waals surface area contributed by atoms with E-state index in [1.807, 2.05) is 25.3 Å². The lowest BCUT2D eigenvalue weighted by molar-refractivity contribution is -0.137. The quantitative estimate of drug-likeness (QED) is 0.814. The number of hydrogen-bond acceptors (Lipinski definition) is 1. The minimum absolute atomic E-state index is 0.0198. The van der Waals surface area contributed by atoms with Gasteiger partial charge in [-0.15, -0.1) is 0 Å². The molecule has 0 saturated carbocycles. The number of aryl methyl sites for hydroxylation is 2. The van der Waals surface area contributed by atoms with Gasteiger partial charge in [-0.25, -0.2) is 0 Å². The van der Waals surface area contributed by atoms with Crippen molar-refractivity contribution in [2.75, 3.05) is 0 Å². The first-order valence-corrected chi connectivity index (χ1v) is 4.86. The van der Waals surface area contributed by atoms with E-state index in [0.29, 0.717) is 0 Å². The van der Waals surface area contributed by atoms with Gasteiger partial charge >= 0.3 is 5.97 Å². The first-order chi connectivity index (χ1) is 7.08. The molecule has 0 bridgehead atoms. The van der Waals surface area contributed by atoms with Crippen LogP contribution in [-0.4, -0.2) is 15.6 Å². The fourth-order valence-electron chi connectivity index (χ4n) is 1.74. The van der Waals surface area contributed by atoms with Gasteiger partial charge in [-0.2, -0.15) is 0 Å². The molecule has 0 radical (unpaired) electrons. The van der Waals surface area contributed by atoms with Crippen LogP contribution in [0.5, 0.6) is 0 Å². The van der Waals surface area contributed by atoms with Crippen molar-refractivity contribution >= 4 is 16.9 Å². The maximum atomic E-state index is 10.6. The number of aromatic nitrogens is 1. The third-order valence-corrected chi connectivity index (χ3v) is 2.69. The summed E-state index contributed by atoms with van der Waals surface area (Å²) < 4.78 is 1.75. The SMILES string of the molecule is Cc1cc2ccn(CC(=O)O)c2cc1C. The first kappa shape index (κ1) is 9.77. The molecule has 2 aromatic rings. The van der Waals surface area contributed by atoms with E-state index in [-0.39, 0.29) is 6.54 Å². The Hall–Kier alpha value is -1.77. The van der Waals surface area contributed by atoms with Crippen LogP contribution in [0.15, 0.2) is 24.4 Å². The number of carboxylic acid groups (broad SMARTS) is 1. The normalized spacial score (nSPS) is 10.8. The zero-order valence-corrected chi connectivity index (χ0v) is 8.82. The summed E-state index contributed by atoms with van der Waals surface area (Å²) in [5.41, 5.74) is 3.41. The Balaban J connectivity index is 2.59. The molecule has 0 unspecified atom stereocenters. The lowest BCUT2D eigenvalue weighted by Gasteiger charge is -2.04. The molecular weight excluding hydrogens is 190 g/mol.